The number of fused-ring (bicyclic) bond motifs is 3. The van der Waals surface area contributed by atoms with Crippen LogP contribution in [0.3, 0.4) is 0 Å². The summed E-state index contributed by atoms with van der Waals surface area (Å²) in [6.07, 6.45) is 6.52. The number of ether oxygens (including phenoxy) is 1. The number of hydrogen-bond acceptors (Lipinski definition) is 7. The van der Waals surface area contributed by atoms with E-state index in [1.807, 2.05) is 49.8 Å². The van der Waals surface area contributed by atoms with Crippen LogP contribution in [0.5, 0.6) is 0 Å². The molecule has 164 valence electrons. The number of thiazole rings is 1. The second kappa shape index (κ2) is 8.21. The molecule has 4 aromatic rings. The summed E-state index contributed by atoms with van der Waals surface area (Å²) in [4.78, 5) is 16.3. The van der Waals surface area contributed by atoms with Crippen LogP contribution in [0.1, 0.15) is 37.7 Å². The summed E-state index contributed by atoms with van der Waals surface area (Å²) >= 11 is 1.68. The van der Waals surface area contributed by atoms with Crippen molar-refractivity contribution in [2.45, 2.75) is 19.6 Å². The third-order valence-electron chi connectivity index (χ3n) is 5.45. The van der Waals surface area contributed by atoms with Crippen molar-refractivity contribution in [2.75, 3.05) is 6.73 Å². The minimum Gasteiger partial charge on any atom is -0.366 e. The van der Waals surface area contributed by atoms with E-state index >= 15 is 0 Å². The van der Waals surface area contributed by atoms with Crippen molar-refractivity contribution in [1.29, 1.82) is 0 Å². The van der Waals surface area contributed by atoms with Crippen LogP contribution in [0.4, 0.5) is 0 Å². The third kappa shape index (κ3) is 3.90. The van der Waals surface area contributed by atoms with Crippen molar-refractivity contribution in [2.24, 2.45) is 24.9 Å². The Morgan fingerprint density at radius 2 is 2.16 bits per heavy atom. The number of hydrogen-bond donors (Lipinski definition) is 1. The van der Waals surface area contributed by atoms with Gasteiger partial charge in [-0.3, -0.25) is 14.5 Å². The van der Waals surface area contributed by atoms with Gasteiger partial charge in [-0.05, 0) is 23.3 Å². The first kappa shape index (κ1) is 20.4. The van der Waals surface area contributed by atoms with E-state index < -0.39 is 5.91 Å². The van der Waals surface area contributed by atoms with Gasteiger partial charge in [0.1, 0.15) is 11.7 Å². The van der Waals surface area contributed by atoms with Crippen LogP contribution in [-0.4, -0.2) is 43.2 Å². The monoisotopic (exact) mass is 449 g/mol. The highest BCUT2D eigenvalue weighted by Gasteiger charge is 2.21. The minimum atomic E-state index is -0.442. The van der Waals surface area contributed by atoms with Crippen molar-refractivity contribution < 1.29 is 9.53 Å². The smallest absolute Gasteiger partial charge is 0.248 e. The molecule has 0 saturated heterocycles. The first-order valence-electron chi connectivity index (χ1n) is 10.2. The fourth-order valence-corrected chi connectivity index (χ4v) is 5.02. The van der Waals surface area contributed by atoms with Crippen LogP contribution in [0.15, 0.2) is 41.8 Å². The van der Waals surface area contributed by atoms with Gasteiger partial charge in [-0.2, -0.15) is 10.2 Å². The molecule has 4 heterocycles. The fraction of sp³-hybridized carbons (Fsp3) is 0.273. The lowest BCUT2D eigenvalue weighted by Crippen LogP contribution is -2.23. The zero-order valence-corrected chi connectivity index (χ0v) is 18.7. The Morgan fingerprint density at radius 1 is 1.28 bits per heavy atom. The number of nitrogens with zero attached hydrogens (tertiary/aromatic N) is 6. The number of benzene rings is 1. The summed E-state index contributed by atoms with van der Waals surface area (Å²) in [7, 11) is 3.93. The van der Waals surface area contributed by atoms with Crippen molar-refractivity contribution in [3.05, 3.63) is 69.6 Å². The molecule has 9 nitrogen and oxygen atoms in total. The summed E-state index contributed by atoms with van der Waals surface area (Å²) in [6.45, 7) is 1.32. The molecule has 0 aliphatic carbocycles. The standard InChI is InChI=1S/C22H23N7O2S/c1-27-10-15(8-24-27)7-19-26-22-20(32-19)17-9-25-29(13-31-12-18(17)28(22)2)11-14-4-3-5-16(6-14)21(23)30/h3-6,8-10H,7,11-13H2,1-2H3,(H2,23,30). The first-order chi connectivity index (χ1) is 15.5. The molecule has 1 aliphatic heterocycles. The van der Waals surface area contributed by atoms with E-state index in [-0.39, 0.29) is 0 Å². The van der Waals surface area contributed by atoms with E-state index in [4.69, 9.17) is 15.5 Å². The second-order valence-corrected chi connectivity index (χ2v) is 8.91. The molecule has 1 aliphatic rings. The van der Waals surface area contributed by atoms with Crippen molar-refractivity contribution in [3.8, 4) is 0 Å². The molecular weight excluding hydrogens is 426 g/mol. The maximum atomic E-state index is 11.5. The maximum Gasteiger partial charge on any atom is 0.248 e. The molecule has 0 bridgehead atoms. The van der Waals surface area contributed by atoms with Gasteiger partial charge in [0.2, 0.25) is 5.91 Å². The Balaban J connectivity index is 1.42. The van der Waals surface area contributed by atoms with Gasteiger partial charge in [-0.25, -0.2) is 4.98 Å². The number of carbonyl (C=O) groups is 1. The number of amides is 1. The van der Waals surface area contributed by atoms with Crippen molar-refractivity contribution in [3.63, 3.8) is 0 Å². The molecule has 0 unspecified atom stereocenters. The van der Waals surface area contributed by atoms with Crippen LogP contribution in [0.25, 0.3) is 10.3 Å². The Morgan fingerprint density at radius 3 is 2.94 bits per heavy atom. The average molecular weight is 450 g/mol. The summed E-state index contributed by atoms with van der Waals surface area (Å²) in [5.41, 5.74) is 11.0. The van der Waals surface area contributed by atoms with Crippen LogP contribution in [0, 0.1) is 0 Å². The molecule has 1 amide bonds. The normalized spacial score (nSPS) is 13.9. The molecule has 2 N–H and O–H groups in total. The molecule has 0 saturated carbocycles. The molecule has 0 radical (unpaired) electrons. The van der Waals surface area contributed by atoms with Crippen molar-refractivity contribution >= 4 is 33.8 Å². The summed E-state index contributed by atoms with van der Waals surface area (Å²) in [5.74, 6) is -0.442. The van der Waals surface area contributed by atoms with E-state index in [0.29, 0.717) is 25.4 Å². The number of carbonyl (C=O) groups excluding carboxylic acids is 1. The van der Waals surface area contributed by atoms with Gasteiger partial charge in [0, 0.05) is 37.8 Å². The quantitative estimate of drug-likeness (QED) is 0.504. The van der Waals surface area contributed by atoms with Crippen LogP contribution in [-0.2, 0) is 38.4 Å². The van der Waals surface area contributed by atoms with Gasteiger partial charge in [-0.15, -0.1) is 11.3 Å². The Kier molecular flexibility index (Phi) is 5.24. The molecular formula is C22H23N7O2S. The van der Waals surface area contributed by atoms with Crippen LogP contribution >= 0.6 is 11.3 Å². The largest absolute Gasteiger partial charge is 0.366 e. The number of rotatable bonds is 5. The highest BCUT2D eigenvalue weighted by atomic mass is 32.1. The fourth-order valence-electron chi connectivity index (χ4n) is 3.86. The summed E-state index contributed by atoms with van der Waals surface area (Å²) in [5, 5.41) is 11.8. The van der Waals surface area contributed by atoms with Gasteiger partial charge in [-0.1, -0.05) is 12.1 Å². The van der Waals surface area contributed by atoms with Gasteiger partial charge in [0.25, 0.3) is 0 Å². The van der Waals surface area contributed by atoms with E-state index in [9.17, 15) is 4.79 Å². The van der Waals surface area contributed by atoms with E-state index in [1.165, 1.54) is 0 Å². The Labute approximate surface area is 188 Å². The lowest BCUT2D eigenvalue weighted by atomic mass is 10.1. The summed E-state index contributed by atoms with van der Waals surface area (Å²) < 4.78 is 10.9. The Hall–Kier alpha value is -3.50. The lowest BCUT2D eigenvalue weighted by Gasteiger charge is -2.21. The van der Waals surface area contributed by atoms with Crippen LogP contribution < -0.4 is 5.73 Å². The third-order valence-corrected chi connectivity index (χ3v) is 6.53. The molecule has 0 fully saturated rings. The van der Waals surface area contributed by atoms with E-state index in [1.54, 1.807) is 28.2 Å². The van der Waals surface area contributed by atoms with Crippen LogP contribution in [0.2, 0.25) is 0 Å². The molecule has 3 aromatic heterocycles. The van der Waals surface area contributed by atoms with Gasteiger partial charge >= 0.3 is 0 Å². The Bertz CT molecular complexity index is 1330. The second-order valence-electron chi connectivity index (χ2n) is 7.83. The topological polar surface area (TPSA) is 104 Å². The number of primary amides is 1. The molecule has 1 aromatic carbocycles. The first-order valence-corrected chi connectivity index (χ1v) is 11.0. The molecule has 32 heavy (non-hydrogen) atoms. The highest BCUT2D eigenvalue weighted by molar-refractivity contribution is 7.19. The zero-order valence-electron chi connectivity index (χ0n) is 17.9. The number of aromatic nitrogens is 4. The zero-order chi connectivity index (χ0) is 22.2. The maximum absolute atomic E-state index is 11.5. The minimum absolute atomic E-state index is 0.343. The number of aryl methyl sites for hydroxylation is 2. The SMILES string of the molecule is Cn1cc(Cc2nc3c(s2)c2c(n3C)COCN(Cc3cccc(C(N)=O)c3)N=C2)cn1. The number of nitrogens with two attached hydrogens (primary N) is 1. The molecule has 0 spiro atoms. The lowest BCUT2D eigenvalue weighted by molar-refractivity contribution is 0.0123. The van der Waals surface area contributed by atoms with Gasteiger partial charge < -0.3 is 15.0 Å². The van der Waals surface area contributed by atoms with Gasteiger partial charge in [0.15, 0.2) is 5.65 Å². The predicted molar refractivity (Wildman–Crippen MR) is 122 cm³/mol. The summed E-state index contributed by atoms with van der Waals surface area (Å²) in [6, 6.07) is 7.26. The predicted octanol–water partition coefficient (Wildman–Crippen LogP) is 2.38. The average Bonchev–Trinajstić information content (AvgIpc) is 3.41. The number of hydrazone groups is 1. The molecule has 5 rings (SSSR count). The molecule has 10 heteroatoms. The molecule has 0 atom stereocenters. The van der Waals surface area contributed by atoms with Crippen molar-refractivity contribution in [1.82, 2.24) is 24.3 Å². The highest BCUT2D eigenvalue weighted by Crippen LogP contribution is 2.32. The van der Waals surface area contributed by atoms with E-state index in [2.05, 4.69) is 14.8 Å². The van der Waals surface area contributed by atoms with E-state index in [0.717, 1.165) is 44.2 Å². The van der Waals surface area contributed by atoms with Gasteiger partial charge in [0.05, 0.1) is 36.0 Å².